The number of nitrogens with one attached hydrogen (secondary N) is 2. The first-order chi connectivity index (χ1) is 9.39. The fraction of sp³-hybridized carbons (Fsp3) is 0.467. The van der Waals surface area contributed by atoms with E-state index in [2.05, 4.69) is 10.6 Å². The minimum absolute atomic E-state index is 0.0666. The summed E-state index contributed by atoms with van der Waals surface area (Å²) in [5.41, 5.74) is 6.36. The molecule has 20 heavy (non-hydrogen) atoms. The van der Waals surface area contributed by atoms with Gasteiger partial charge < -0.3 is 16.4 Å². The number of benzene rings is 1. The predicted octanol–water partition coefficient (Wildman–Crippen LogP) is 2.49. The number of carbonyl (C=O) groups excluding carboxylic acids is 2. The maximum atomic E-state index is 12.1. The average molecular weight is 277 g/mol. The van der Waals surface area contributed by atoms with E-state index < -0.39 is 5.54 Å². The lowest BCUT2D eigenvalue weighted by molar-refractivity contribution is -0.120. The molecule has 0 radical (unpaired) electrons. The molecule has 110 valence electrons. The van der Waals surface area contributed by atoms with Gasteiger partial charge in [0, 0.05) is 17.8 Å². The molecule has 1 unspecified atom stereocenters. The molecular formula is C15H23N3O2. The second-order valence-corrected chi connectivity index (χ2v) is 5.10. The van der Waals surface area contributed by atoms with Gasteiger partial charge in [0.05, 0.1) is 5.54 Å². The van der Waals surface area contributed by atoms with Crippen LogP contribution in [0.5, 0.6) is 0 Å². The largest absolute Gasteiger partial charge is 0.326 e. The van der Waals surface area contributed by atoms with Crippen molar-refractivity contribution in [3.05, 3.63) is 24.3 Å². The summed E-state index contributed by atoms with van der Waals surface area (Å²) in [7, 11) is 0. The van der Waals surface area contributed by atoms with Crippen molar-refractivity contribution in [2.45, 2.75) is 45.6 Å². The fourth-order valence-corrected chi connectivity index (χ4v) is 1.83. The van der Waals surface area contributed by atoms with E-state index in [9.17, 15) is 9.59 Å². The number of hydrogen-bond donors (Lipinski definition) is 3. The van der Waals surface area contributed by atoms with Crippen LogP contribution < -0.4 is 16.4 Å². The number of rotatable bonds is 6. The van der Waals surface area contributed by atoms with Gasteiger partial charge in [0.1, 0.15) is 0 Å². The maximum Gasteiger partial charge on any atom is 0.244 e. The maximum absolute atomic E-state index is 12.1. The molecule has 1 rings (SSSR count). The first-order valence-corrected chi connectivity index (χ1v) is 6.89. The van der Waals surface area contributed by atoms with E-state index in [1.54, 1.807) is 38.1 Å². The topological polar surface area (TPSA) is 84.2 Å². The lowest BCUT2D eigenvalue weighted by Gasteiger charge is -2.23. The lowest BCUT2D eigenvalue weighted by Crippen LogP contribution is -2.48. The van der Waals surface area contributed by atoms with Crippen LogP contribution in [-0.4, -0.2) is 17.4 Å². The Bertz CT molecular complexity index is 484. The molecule has 0 saturated heterocycles. The van der Waals surface area contributed by atoms with Crippen molar-refractivity contribution < 1.29 is 9.59 Å². The number of anilines is 2. The van der Waals surface area contributed by atoms with E-state index in [0.29, 0.717) is 24.2 Å². The Morgan fingerprint density at radius 3 is 2.35 bits per heavy atom. The zero-order valence-corrected chi connectivity index (χ0v) is 12.3. The number of hydrogen-bond acceptors (Lipinski definition) is 3. The Labute approximate surface area is 119 Å². The van der Waals surface area contributed by atoms with Crippen molar-refractivity contribution in [1.82, 2.24) is 0 Å². The van der Waals surface area contributed by atoms with Gasteiger partial charge in [-0.2, -0.15) is 0 Å². The van der Waals surface area contributed by atoms with Crippen LogP contribution in [0.4, 0.5) is 11.4 Å². The molecule has 0 fully saturated rings. The van der Waals surface area contributed by atoms with Crippen LogP contribution in [-0.2, 0) is 9.59 Å². The normalized spacial score (nSPS) is 13.4. The van der Waals surface area contributed by atoms with Gasteiger partial charge in [-0.1, -0.05) is 26.3 Å². The summed E-state index contributed by atoms with van der Waals surface area (Å²) in [5.74, 6) is -0.290. The van der Waals surface area contributed by atoms with Crippen molar-refractivity contribution in [3.63, 3.8) is 0 Å². The zero-order valence-electron chi connectivity index (χ0n) is 12.3. The van der Waals surface area contributed by atoms with E-state index in [4.69, 9.17) is 5.73 Å². The number of amides is 2. The molecule has 1 atom stereocenters. The van der Waals surface area contributed by atoms with Gasteiger partial charge in [-0.3, -0.25) is 9.59 Å². The summed E-state index contributed by atoms with van der Waals surface area (Å²) < 4.78 is 0. The second kappa shape index (κ2) is 7.05. The third kappa shape index (κ3) is 4.66. The highest BCUT2D eigenvalue weighted by molar-refractivity contribution is 5.98. The molecule has 0 aromatic heterocycles. The van der Waals surface area contributed by atoms with Crippen LogP contribution >= 0.6 is 0 Å². The molecule has 2 amide bonds. The van der Waals surface area contributed by atoms with E-state index in [1.807, 2.05) is 6.92 Å². The monoisotopic (exact) mass is 277 g/mol. The second-order valence-electron chi connectivity index (χ2n) is 5.10. The third-order valence-corrected chi connectivity index (χ3v) is 3.01. The number of carbonyl (C=O) groups is 2. The standard InChI is InChI=1S/C15H23N3O2/c1-4-9-15(3,16)14(20)18-12-8-6-7-11(10-12)17-13(19)5-2/h6-8,10H,4-5,9,16H2,1-3H3,(H,17,19)(H,18,20). The van der Waals surface area contributed by atoms with Crippen LogP contribution in [0.1, 0.15) is 40.0 Å². The van der Waals surface area contributed by atoms with Crippen LogP contribution in [0.25, 0.3) is 0 Å². The fourth-order valence-electron chi connectivity index (χ4n) is 1.83. The van der Waals surface area contributed by atoms with Gasteiger partial charge in [-0.15, -0.1) is 0 Å². The van der Waals surface area contributed by atoms with Crippen molar-refractivity contribution in [2.24, 2.45) is 5.73 Å². The molecule has 0 saturated carbocycles. The minimum Gasteiger partial charge on any atom is -0.326 e. The van der Waals surface area contributed by atoms with Crippen molar-refractivity contribution in [3.8, 4) is 0 Å². The highest BCUT2D eigenvalue weighted by Crippen LogP contribution is 2.18. The van der Waals surface area contributed by atoms with E-state index in [0.717, 1.165) is 6.42 Å². The summed E-state index contributed by atoms with van der Waals surface area (Å²) in [5, 5.41) is 5.53. The molecule has 0 heterocycles. The molecule has 0 spiro atoms. The molecule has 1 aromatic carbocycles. The van der Waals surface area contributed by atoms with Gasteiger partial charge in [0.2, 0.25) is 11.8 Å². The lowest BCUT2D eigenvalue weighted by atomic mass is 9.96. The SMILES string of the molecule is CCCC(C)(N)C(=O)Nc1cccc(NC(=O)CC)c1. The van der Waals surface area contributed by atoms with Crippen LogP contribution in [0.3, 0.4) is 0 Å². The molecule has 0 aliphatic carbocycles. The highest BCUT2D eigenvalue weighted by atomic mass is 16.2. The van der Waals surface area contributed by atoms with Crippen LogP contribution in [0.15, 0.2) is 24.3 Å². The molecule has 5 heteroatoms. The smallest absolute Gasteiger partial charge is 0.244 e. The molecule has 0 aliphatic rings. The van der Waals surface area contributed by atoms with E-state index in [1.165, 1.54) is 0 Å². The summed E-state index contributed by atoms with van der Waals surface area (Å²) in [6.45, 7) is 5.49. The van der Waals surface area contributed by atoms with Gasteiger partial charge >= 0.3 is 0 Å². The molecule has 5 nitrogen and oxygen atoms in total. The van der Waals surface area contributed by atoms with Gasteiger partial charge in [-0.05, 0) is 31.5 Å². The Balaban J connectivity index is 2.75. The Morgan fingerprint density at radius 2 is 1.80 bits per heavy atom. The van der Waals surface area contributed by atoms with Gasteiger partial charge in [0.25, 0.3) is 0 Å². The molecule has 0 aliphatic heterocycles. The first-order valence-electron chi connectivity index (χ1n) is 6.89. The predicted molar refractivity (Wildman–Crippen MR) is 81.5 cm³/mol. The Kier molecular flexibility index (Phi) is 5.70. The number of nitrogens with two attached hydrogens (primary N) is 1. The third-order valence-electron chi connectivity index (χ3n) is 3.01. The summed E-state index contributed by atoms with van der Waals surface area (Å²) in [4.78, 5) is 23.4. The van der Waals surface area contributed by atoms with Crippen molar-refractivity contribution in [2.75, 3.05) is 10.6 Å². The quantitative estimate of drug-likeness (QED) is 0.747. The zero-order chi connectivity index (χ0) is 15.2. The Morgan fingerprint density at radius 1 is 1.20 bits per heavy atom. The Hall–Kier alpha value is -1.88. The van der Waals surface area contributed by atoms with Crippen molar-refractivity contribution >= 4 is 23.2 Å². The van der Waals surface area contributed by atoms with Crippen molar-refractivity contribution in [1.29, 1.82) is 0 Å². The minimum atomic E-state index is -0.891. The first kappa shape index (κ1) is 16.2. The van der Waals surface area contributed by atoms with Crippen LogP contribution in [0.2, 0.25) is 0 Å². The molecule has 0 bridgehead atoms. The van der Waals surface area contributed by atoms with E-state index in [-0.39, 0.29) is 11.8 Å². The molecule has 1 aromatic rings. The van der Waals surface area contributed by atoms with Gasteiger partial charge in [-0.25, -0.2) is 0 Å². The summed E-state index contributed by atoms with van der Waals surface area (Å²) in [6.07, 6.45) is 1.87. The highest BCUT2D eigenvalue weighted by Gasteiger charge is 2.27. The summed E-state index contributed by atoms with van der Waals surface area (Å²) >= 11 is 0. The molecular weight excluding hydrogens is 254 g/mol. The van der Waals surface area contributed by atoms with E-state index >= 15 is 0 Å². The summed E-state index contributed by atoms with van der Waals surface area (Å²) in [6, 6.07) is 7.03. The average Bonchev–Trinajstić information content (AvgIpc) is 2.38. The molecule has 4 N–H and O–H groups in total. The van der Waals surface area contributed by atoms with Crippen LogP contribution in [0, 0.1) is 0 Å². The van der Waals surface area contributed by atoms with Gasteiger partial charge in [0.15, 0.2) is 0 Å².